The van der Waals surface area contributed by atoms with Crippen LogP contribution in [-0.2, 0) is 23.6 Å². The lowest BCUT2D eigenvalue weighted by atomic mass is 9.81. The third kappa shape index (κ3) is 4.56. The largest absolute Gasteiger partial charge is 0.458 e. The fourth-order valence-corrected chi connectivity index (χ4v) is 5.83. The molecule has 1 aliphatic heterocycles. The maximum atomic E-state index is 6.63. The summed E-state index contributed by atoms with van der Waals surface area (Å²) in [6.07, 6.45) is 9.95. The number of ether oxygens (including phenoxy) is 2. The minimum atomic E-state index is -0.305. The fourth-order valence-electron chi connectivity index (χ4n) is 5.83. The molecule has 1 saturated heterocycles. The van der Waals surface area contributed by atoms with E-state index < -0.39 is 0 Å². The Labute approximate surface area is 186 Å². The van der Waals surface area contributed by atoms with E-state index in [-0.39, 0.29) is 30.5 Å². The Balaban J connectivity index is 1.52. The topological polar surface area (TPSA) is 58.5 Å². The highest BCUT2D eigenvalue weighted by Crippen LogP contribution is 2.48. The molecule has 1 aromatic carbocycles. The lowest BCUT2D eigenvalue weighted by Crippen LogP contribution is -2.56. The lowest BCUT2D eigenvalue weighted by Gasteiger charge is -2.43. The molecule has 4 rings (SSSR count). The van der Waals surface area contributed by atoms with Crippen LogP contribution in [-0.4, -0.2) is 57.6 Å². The van der Waals surface area contributed by atoms with Gasteiger partial charge in [0.25, 0.3) is 0 Å². The van der Waals surface area contributed by atoms with Crippen molar-refractivity contribution in [1.29, 1.82) is 0 Å². The molecule has 0 radical (unpaired) electrons. The number of hydrogen-bond acceptors (Lipinski definition) is 6. The number of rotatable bonds is 9. The Bertz CT molecular complexity index is 699. The molecule has 3 aliphatic rings. The highest BCUT2D eigenvalue weighted by molar-refractivity contribution is 6.45. The van der Waals surface area contributed by atoms with Gasteiger partial charge < -0.3 is 23.6 Å². The van der Waals surface area contributed by atoms with Crippen molar-refractivity contribution >= 4 is 12.8 Å². The van der Waals surface area contributed by atoms with Crippen molar-refractivity contribution in [1.82, 2.24) is 0 Å². The van der Waals surface area contributed by atoms with Gasteiger partial charge in [-0.25, -0.2) is 0 Å². The van der Waals surface area contributed by atoms with E-state index >= 15 is 0 Å². The molecule has 31 heavy (non-hydrogen) atoms. The number of hydrogen-bond donors (Lipinski definition) is 0. The van der Waals surface area contributed by atoms with Crippen LogP contribution in [0.1, 0.15) is 63.4 Å². The summed E-state index contributed by atoms with van der Waals surface area (Å²) in [6.45, 7) is 0. The van der Waals surface area contributed by atoms with E-state index in [1.54, 1.807) is 7.11 Å². The molecule has 0 aromatic heterocycles. The molecule has 3 fully saturated rings. The zero-order valence-corrected chi connectivity index (χ0v) is 19.2. The van der Waals surface area contributed by atoms with E-state index in [1.807, 2.05) is 32.4 Å². The summed E-state index contributed by atoms with van der Waals surface area (Å²) in [5.74, 6) is 0. The summed E-state index contributed by atoms with van der Waals surface area (Å²) in [5.41, 5.74) is 1.40. The van der Waals surface area contributed by atoms with Gasteiger partial charge in [0.15, 0.2) is 0 Å². The van der Waals surface area contributed by atoms with Gasteiger partial charge >= 0.3 is 7.12 Å². The van der Waals surface area contributed by atoms with E-state index in [1.165, 1.54) is 25.7 Å². The van der Waals surface area contributed by atoms with Crippen molar-refractivity contribution < 1.29 is 23.6 Å². The summed E-state index contributed by atoms with van der Waals surface area (Å²) in [5, 5.41) is 4.26. The maximum absolute atomic E-state index is 6.63. The average Bonchev–Trinajstić information content (AvgIpc) is 3.57. The van der Waals surface area contributed by atoms with Gasteiger partial charge in [0.2, 0.25) is 0 Å². The van der Waals surface area contributed by atoms with Crippen LogP contribution in [0.2, 0.25) is 6.32 Å². The minimum Gasteiger partial charge on any atom is -0.403 e. The molecule has 0 unspecified atom stereocenters. The predicted molar refractivity (Wildman–Crippen MR) is 121 cm³/mol. The molecule has 2 aliphatic carbocycles. The van der Waals surface area contributed by atoms with Crippen molar-refractivity contribution in [2.24, 2.45) is 5.16 Å². The molecule has 6 nitrogen and oxygen atoms in total. The Kier molecular flexibility index (Phi) is 7.37. The van der Waals surface area contributed by atoms with Gasteiger partial charge in [-0.3, -0.25) is 0 Å². The van der Waals surface area contributed by atoms with Crippen LogP contribution in [0, 0.1) is 0 Å². The summed E-state index contributed by atoms with van der Waals surface area (Å²) >= 11 is 0. The van der Waals surface area contributed by atoms with Crippen LogP contribution >= 0.6 is 0 Å². The summed E-state index contributed by atoms with van der Waals surface area (Å²) in [6, 6.07) is 10.1. The van der Waals surface area contributed by atoms with E-state index in [0.717, 1.165) is 37.0 Å². The third-order valence-corrected chi connectivity index (χ3v) is 7.55. The van der Waals surface area contributed by atoms with E-state index in [9.17, 15) is 0 Å². The molecule has 1 aromatic rings. The molecule has 0 bridgehead atoms. The van der Waals surface area contributed by atoms with Crippen LogP contribution in [0.25, 0.3) is 0 Å². The second kappa shape index (κ2) is 10.0. The van der Waals surface area contributed by atoms with E-state index in [4.69, 9.17) is 23.6 Å². The van der Waals surface area contributed by atoms with E-state index in [2.05, 4.69) is 17.3 Å². The predicted octanol–water partition coefficient (Wildman–Crippen LogP) is 4.62. The van der Waals surface area contributed by atoms with E-state index in [0.29, 0.717) is 12.7 Å². The Morgan fingerprint density at radius 2 is 1.42 bits per heavy atom. The average molecular weight is 429 g/mol. The Morgan fingerprint density at radius 1 is 0.903 bits per heavy atom. The smallest absolute Gasteiger partial charge is 0.403 e. The van der Waals surface area contributed by atoms with Crippen molar-refractivity contribution in [2.45, 2.75) is 87.5 Å². The van der Waals surface area contributed by atoms with Crippen molar-refractivity contribution in [3.8, 4) is 0 Å². The standard InChI is InChI=1S/C24H36BNO5/c1-27-23(14-7-8-15-23)21-22(24(28-2)16-9-10-17-24)31-25(30-21)18-13-20(26-29-3)19-11-5-4-6-12-19/h4-6,11-12,21-22H,7-10,13-18H2,1-3H3/b26-20-/t21-,22-/m0/s1. The van der Waals surface area contributed by atoms with Gasteiger partial charge in [-0.15, -0.1) is 0 Å². The second-order valence-electron chi connectivity index (χ2n) is 9.12. The van der Waals surface area contributed by atoms with Crippen molar-refractivity contribution in [2.75, 3.05) is 21.3 Å². The van der Waals surface area contributed by atoms with Gasteiger partial charge in [-0.1, -0.05) is 61.2 Å². The van der Waals surface area contributed by atoms with Gasteiger partial charge in [0.05, 0.1) is 29.1 Å². The molecule has 0 amide bonds. The molecule has 0 spiro atoms. The summed E-state index contributed by atoms with van der Waals surface area (Å²) in [4.78, 5) is 5.11. The van der Waals surface area contributed by atoms with Crippen LogP contribution < -0.4 is 0 Å². The molecular weight excluding hydrogens is 393 g/mol. The van der Waals surface area contributed by atoms with Gasteiger partial charge in [0.1, 0.15) is 7.11 Å². The number of nitrogens with zero attached hydrogens (tertiary/aromatic N) is 1. The minimum absolute atomic E-state index is 0.109. The Morgan fingerprint density at radius 3 is 1.87 bits per heavy atom. The SMILES string of the molecule is CO/N=C(/CCB1O[C@H](C2(OC)CCCC2)[C@@H](C2(OC)CCCC2)O1)c1ccccc1. The molecule has 170 valence electrons. The van der Waals surface area contributed by atoms with Crippen LogP contribution in [0.4, 0.5) is 0 Å². The summed E-state index contributed by atoms with van der Waals surface area (Å²) < 4.78 is 25.5. The molecule has 7 heteroatoms. The lowest BCUT2D eigenvalue weighted by molar-refractivity contribution is -0.153. The summed E-state index contributed by atoms with van der Waals surface area (Å²) in [7, 11) is 4.93. The first-order valence-corrected chi connectivity index (χ1v) is 11.7. The molecule has 0 N–H and O–H groups in total. The van der Waals surface area contributed by atoms with Crippen LogP contribution in [0.15, 0.2) is 35.5 Å². The molecule has 2 atom stereocenters. The molecular formula is C24H36BNO5. The molecule has 2 saturated carbocycles. The van der Waals surface area contributed by atoms with Crippen molar-refractivity contribution in [3.05, 3.63) is 35.9 Å². The number of methoxy groups -OCH3 is 2. The van der Waals surface area contributed by atoms with Crippen LogP contribution in [0.5, 0.6) is 0 Å². The second-order valence-corrected chi connectivity index (χ2v) is 9.12. The first-order valence-electron chi connectivity index (χ1n) is 11.7. The van der Waals surface area contributed by atoms with Crippen molar-refractivity contribution in [3.63, 3.8) is 0 Å². The zero-order chi connectivity index (χ0) is 21.7. The normalized spacial score (nSPS) is 27.7. The quantitative estimate of drug-likeness (QED) is 0.326. The van der Waals surface area contributed by atoms with Gasteiger partial charge in [-0.2, -0.15) is 0 Å². The highest BCUT2D eigenvalue weighted by atomic mass is 16.7. The highest BCUT2D eigenvalue weighted by Gasteiger charge is 2.59. The first-order chi connectivity index (χ1) is 15.2. The Hall–Kier alpha value is -1.41. The number of oxime groups is 1. The zero-order valence-electron chi connectivity index (χ0n) is 19.2. The van der Waals surface area contributed by atoms with Crippen LogP contribution in [0.3, 0.4) is 0 Å². The monoisotopic (exact) mass is 429 g/mol. The molecule has 1 heterocycles. The third-order valence-electron chi connectivity index (χ3n) is 7.55. The number of benzene rings is 1. The maximum Gasteiger partial charge on any atom is 0.458 e. The fraction of sp³-hybridized carbons (Fsp3) is 0.708. The first kappa shape index (κ1) is 22.8. The van der Waals surface area contributed by atoms with Gasteiger partial charge in [0, 0.05) is 14.2 Å². The van der Waals surface area contributed by atoms with Gasteiger partial charge in [-0.05, 0) is 44.0 Å².